The highest BCUT2D eigenvalue weighted by molar-refractivity contribution is 7.99. The number of thioether (sulfide) groups is 1. The van der Waals surface area contributed by atoms with Gasteiger partial charge in [0.25, 0.3) is 0 Å². The second-order valence-electron chi connectivity index (χ2n) is 4.13. The van der Waals surface area contributed by atoms with E-state index in [-0.39, 0.29) is 11.6 Å². The summed E-state index contributed by atoms with van der Waals surface area (Å²) in [5.74, 6) is -0.540. The van der Waals surface area contributed by atoms with Gasteiger partial charge in [0, 0.05) is 13.0 Å². The molecule has 0 bridgehead atoms. The number of nitrogens with zero attached hydrogens (tertiary/aromatic N) is 3. The van der Waals surface area contributed by atoms with Crippen molar-refractivity contribution in [3.8, 4) is 0 Å². The molecular formula is C13H14FN3O2S. The van der Waals surface area contributed by atoms with Gasteiger partial charge >= 0.3 is 5.97 Å². The molecule has 1 heterocycles. The quantitative estimate of drug-likeness (QED) is 0.828. The lowest BCUT2D eigenvalue weighted by molar-refractivity contribution is -0.133. The predicted molar refractivity (Wildman–Crippen MR) is 73.3 cm³/mol. The molecule has 2 aromatic rings. The second-order valence-corrected chi connectivity index (χ2v) is 5.07. The molecule has 0 fully saturated rings. The first-order chi connectivity index (χ1) is 9.60. The van der Waals surface area contributed by atoms with Gasteiger partial charge in [-0.15, -0.1) is 10.2 Å². The van der Waals surface area contributed by atoms with Crippen molar-refractivity contribution < 1.29 is 14.3 Å². The minimum absolute atomic E-state index is 0.0574. The van der Waals surface area contributed by atoms with Gasteiger partial charge in [-0.25, -0.2) is 4.39 Å². The fourth-order valence-corrected chi connectivity index (χ4v) is 2.57. The third-order valence-corrected chi connectivity index (χ3v) is 3.64. The Morgan fingerprint density at radius 2 is 2.25 bits per heavy atom. The van der Waals surface area contributed by atoms with Crippen LogP contribution in [-0.4, -0.2) is 31.6 Å². The van der Waals surface area contributed by atoms with E-state index in [1.165, 1.54) is 12.1 Å². The van der Waals surface area contributed by atoms with Gasteiger partial charge in [-0.2, -0.15) is 0 Å². The molecule has 1 N–H and O–H groups in total. The molecule has 0 unspecified atom stereocenters. The normalized spacial score (nSPS) is 10.7. The number of aliphatic carboxylic acids is 1. The minimum atomic E-state index is -0.896. The molecule has 0 saturated heterocycles. The predicted octanol–water partition coefficient (Wildman–Crippen LogP) is 2.20. The summed E-state index contributed by atoms with van der Waals surface area (Å²) < 4.78 is 15.0. The van der Waals surface area contributed by atoms with Gasteiger partial charge in [-0.05, 0) is 24.6 Å². The zero-order chi connectivity index (χ0) is 14.5. The summed E-state index contributed by atoms with van der Waals surface area (Å²) >= 11 is 1.13. The number of carboxylic acids is 1. The number of carbonyl (C=O) groups is 1. The van der Waals surface area contributed by atoms with Crippen molar-refractivity contribution in [2.75, 3.05) is 5.75 Å². The third-order valence-electron chi connectivity index (χ3n) is 2.69. The maximum Gasteiger partial charge on any atom is 0.313 e. The van der Waals surface area contributed by atoms with Crippen LogP contribution in [0.15, 0.2) is 29.4 Å². The summed E-state index contributed by atoms with van der Waals surface area (Å²) in [6.07, 6.45) is 0.465. The van der Waals surface area contributed by atoms with Gasteiger partial charge in [0.1, 0.15) is 11.6 Å². The van der Waals surface area contributed by atoms with Crippen LogP contribution >= 0.6 is 11.8 Å². The van der Waals surface area contributed by atoms with E-state index in [0.29, 0.717) is 23.9 Å². The lowest BCUT2D eigenvalue weighted by atomic mass is 10.1. The number of carboxylic acid groups (broad SMARTS) is 1. The fraction of sp³-hybridized carbons (Fsp3) is 0.308. The van der Waals surface area contributed by atoms with Gasteiger partial charge in [0.15, 0.2) is 5.16 Å². The fourth-order valence-electron chi connectivity index (χ4n) is 1.83. The standard InChI is InChI=1S/C13H14FN3O2S/c1-2-17-11(7-9-4-3-5-10(14)6-9)15-16-13(17)20-8-12(18)19/h3-6H,2,7-8H2,1H3,(H,18,19). The summed E-state index contributed by atoms with van der Waals surface area (Å²) in [5, 5.41) is 17.3. The van der Waals surface area contributed by atoms with E-state index in [0.717, 1.165) is 17.3 Å². The first-order valence-electron chi connectivity index (χ1n) is 6.11. The molecule has 20 heavy (non-hydrogen) atoms. The molecule has 0 spiro atoms. The Kier molecular flexibility index (Phi) is 4.73. The van der Waals surface area contributed by atoms with Crippen molar-refractivity contribution >= 4 is 17.7 Å². The van der Waals surface area contributed by atoms with Crippen LogP contribution in [0, 0.1) is 5.82 Å². The van der Waals surface area contributed by atoms with Crippen LogP contribution in [0.1, 0.15) is 18.3 Å². The molecule has 0 aliphatic heterocycles. The van der Waals surface area contributed by atoms with Crippen molar-refractivity contribution in [3.05, 3.63) is 41.5 Å². The minimum Gasteiger partial charge on any atom is -0.481 e. The second kappa shape index (κ2) is 6.51. The Balaban J connectivity index is 2.17. The van der Waals surface area contributed by atoms with Crippen molar-refractivity contribution in [2.24, 2.45) is 0 Å². The Morgan fingerprint density at radius 3 is 2.90 bits per heavy atom. The van der Waals surface area contributed by atoms with Gasteiger partial charge in [-0.1, -0.05) is 23.9 Å². The molecule has 1 aromatic carbocycles. The average Bonchev–Trinajstić information content (AvgIpc) is 2.78. The largest absolute Gasteiger partial charge is 0.481 e. The molecule has 0 aliphatic rings. The monoisotopic (exact) mass is 295 g/mol. The van der Waals surface area contributed by atoms with Crippen LogP contribution in [0.4, 0.5) is 4.39 Å². The Bertz CT molecular complexity index is 615. The van der Waals surface area contributed by atoms with Crippen LogP contribution in [0.5, 0.6) is 0 Å². The maximum absolute atomic E-state index is 13.2. The number of aromatic nitrogens is 3. The molecule has 0 aliphatic carbocycles. The van der Waals surface area contributed by atoms with Crippen molar-refractivity contribution in [3.63, 3.8) is 0 Å². The summed E-state index contributed by atoms with van der Waals surface area (Å²) in [7, 11) is 0. The van der Waals surface area contributed by atoms with E-state index in [4.69, 9.17) is 5.11 Å². The molecule has 0 saturated carbocycles. The van der Waals surface area contributed by atoms with E-state index < -0.39 is 5.97 Å². The SMILES string of the molecule is CCn1c(Cc2cccc(F)c2)nnc1SCC(=O)O. The number of halogens is 1. The number of hydrogen-bond acceptors (Lipinski definition) is 4. The Hall–Kier alpha value is -1.89. The molecule has 7 heteroatoms. The van der Waals surface area contributed by atoms with Crippen molar-refractivity contribution in [1.82, 2.24) is 14.8 Å². The van der Waals surface area contributed by atoms with Crippen molar-refractivity contribution in [1.29, 1.82) is 0 Å². The van der Waals surface area contributed by atoms with Crippen LogP contribution in [0.2, 0.25) is 0 Å². The first-order valence-corrected chi connectivity index (χ1v) is 7.09. The molecular weight excluding hydrogens is 281 g/mol. The highest BCUT2D eigenvalue weighted by Gasteiger charge is 2.13. The molecule has 106 valence electrons. The molecule has 0 amide bonds. The lowest BCUT2D eigenvalue weighted by Crippen LogP contribution is -2.06. The molecule has 1 aromatic heterocycles. The van der Waals surface area contributed by atoms with Crippen LogP contribution in [0.3, 0.4) is 0 Å². The van der Waals surface area contributed by atoms with Gasteiger partial charge in [0.05, 0.1) is 5.75 Å². The maximum atomic E-state index is 13.2. The zero-order valence-electron chi connectivity index (χ0n) is 10.9. The van der Waals surface area contributed by atoms with Gasteiger partial charge in [-0.3, -0.25) is 4.79 Å². The van der Waals surface area contributed by atoms with E-state index in [9.17, 15) is 9.18 Å². The lowest BCUT2D eigenvalue weighted by Gasteiger charge is -2.06. The summed E-state index contributed by atoms with van der Waals surface area (Å²) in [6.45, 7) is 2.57. The molecule has 5 nitrogen and oxygen atoms in total. The highest BCUT2D eigenvalue weighted by Crippen LogP contribution is 2.18. The van der Waals surface area contributed by atoms with E-state index in [2.05, 4.69) is 10.2 Å². The number of rotatable bonds is 6. The topological polar surface area (TPSA) is 68.0 Å². The van der Waals surface area contributed by atoms with E-state index in [1.807, 2.05) is 17.6 Å². The van der Waals surface area contributed by atoms with Crippen molar-refractivity contribution in [2.45, 2.75) is 25.0 Å². The first kappa shape index (κ1) is 14.5. The summed E-state index contributed by atoms with van der Waals surface area (Å²) in [4.78, 5) is 10.6. The molecule has 0 atom stereocenters. The smallest absolute Gasteiger partial charge is 0.313 e. The molecule has 2 rings (SSSR count). The summed E-state index contributed by atoms with van der Waals surface area (Å²) in [5.41, 5.74) is 0.807. The van der Waals surface area contributed by atoms with Gasteiger partial charge < -0.3 is 9.67 Å². The molecule has 0 radical (unpaired) electrons. The summed E-state index contributed by atoms with van der Waals surface area (Å²) in [6, 6.07) is 6.32. The van der Waals surface area contributed by atoms with E-state index in [1.54, 1.807) is 6.07 Å². The zero-order valence-corrected chi connectivity index (χ0v) is 11.7. The van der Waals surface area contributed by atoms with Gasteiger partial charge in [0.2, 0.25) is 0 Å². The van der Waals surface area contributed by atoms with Crippen LogP contribution in [0.25, 0.3) is 0 Å². The highest BCUT2D eigenvalue weighted by atomic mass is 32.2. The van der Waals surface area contributed by atoms with Crippen LogP contribution < -0.4 is 0 Å². The third kappa shape index (κ3) is 3.57. The number of benzene rings is 1. The average molecular weight is 295 g/mol. The van der Waals surface area contributed by atoms with Crippen LogP contribution in [-0.2, 0) is 17.8 Å². The Labute approximate surface area is 119 Å². The number of hydrogen-bond donors (Lipinski definition) is 1. The van der Waals surface area contributed by atoms with E-state index >= 15 is 0 Å². The Morgan fingerprint density at radius 1 is 1.45 bits per heavy atom.